The zero-order valence-electron chi connectivity index (χ0n) is 13.9. The molecule has 1 heterocycles. The van der Waals surface area contributed by atoms with Crippen molar-refractivity contribution in [3.63, 3.8) is 0 Å². The minimum Gasteiger partial charge on any atom is -0.354 e. The third kappa shape index (κ3) is 4.55. The van der Waals surface area contributed by atoms with Gasteiger partial charge in [0.15, 0.2) is 0 Å². The van der Waals surface area contributed by atoms with E-state index in [-0.39, 0.29) is 17.9 Å². The van der Waals surface area contributed by atoms with Gasteiger partial charge in [-0.05, 0) is 44.2 Å². The van der Waals surface area contributed by atoms with Crippen LogP contribution in [0.25, 0.3) is 0 Å². The zero-order chi connectivity index (χ0) is 16.1. The van der Waals surface area contributed by atoms with Crippen molar-refractivity contribution in [1.82, 2.24) is 10.2 Å². The van der Waals surface area contributed by atoms with Gasteiger partial charge in [0, 0.05) is 31.1 Å². The molecule has 3 N–H and O–H groups in total. The highest BCUT2D eigenvalue weighted by Gasteiger charge is 2.28. The summed E-state index contributed by atoms with van der Waals surface area (Å²) >= 11 is 0. The van der Waals surface area contributed by atoms with Crippen molar-refractivity contribution in [3.05, 3.63) is 35.9 Å². The third-order valence-corrected chi connectivity index (χ3v) is 5.33. The van der Waals surface area contributed by atoms with Gasteiger partial charge < -0.3 is 11.1 Å². The fourth-order valence-corrected chi connectivity index (χ4v) is 3.98. The van der Waals surface area contributed by atoms with Crippen LogP contribution in [0.15, 0.2) is 30.3 Å². The van der Waals surface area contributed by atoms with Crippen molar-refractivity contribution in [1.29, 1.82) is 0 Å². The Kier molecular flexibility index (Phi) is 5.68. The zero-order valence-corrected chi connectivity index (χ0v) is 13.9. The first-order valence-corrected chi connectivity index (χ1v) is 9.03. The molecule has 4 nitrogen and oxygen atoms in total. The first kappa shape index (κ1) is 16.5. The molecule has 3 unspecified atom stereocenters. The fourth-order valence-electron chi connectivity index (χ4n) is 3.98. The van der Waals surface area contributed by atoms with E-state index in [9.17, 15) is 4.79 Å². The van der Waals surface area contributed by atoms with E-state index < -0.39 is 0 Å². The summed E-state index contributed by atoms with van der Waals surface area (Å²) in [5.41, 5.74) is 7.35. The van der Waals surface area contributed by atoms with Crippen LogP contribution >= 0.6 is 0 Å². The van der Waals surface area contributed by atoms with Crippen LogP contribution in [0.5, 0.6) is 0 Å². The lowest BCUT2D eigenvalue weighted by Crippen LogP contribution is -2.43. The molecule has 1 saturated heterocycles. The molecule has 2 aliphatic rings. The molecular weight excluding hydrogens is 286 g/mol. The van der Waals surface area contributed by atoms with Gasteiger partial charge in [0.05, 0.1) is 0 Å². The summed E-state index contributed by atoms with van der Waals surface area (Å²) in [5.74, 6) is 0.342. The highest BCUT2D eigenvalue weighted by Crippen LogP contribution is 2.24. The van der Waals surface area contributed by atoms with E-state index >= 15 is 0 Å². The van der Waals surface area contributed by atoms with Gasteiger partial charge in [-0.2, -0.15) is 0 Å². The summed E-state index contributed by atoms with van der Waals surface area (Å²) in [4.78, 5) is 14.9. The average molecular weight is 315 g/mol. The molecule has 1 aromatic carbocycles. The molecule has 126 valence electrons. The average Bonchev–Trinajstić information content (AvgIpc) is 3.00. The molecule has 2 fully saturated rings. The van der Waals surface area contributed by atoms with Crippen LogP contribution < -0.4 is 11.1 Å². The van der Waals surface area contributed by atoms with Crippen molar-refractivity contribution >= 4 is 5.91 Å². The number of carbonyl (C=O) groups is 1. The van der Waals surface area contributed by atoms with Crippen molar-refractivity contribution in [2.75, 3.05) is 13.1 Å². The van der Waals surface area contributed by atoms with Crippen molar-refractivity contribution < 1.29 is 4.79 Å². The van der Waals surface area contributed by atoms with Crippen LogP contribution in [0, 0.1) is 5.92 Å². The molecule has 1 amide bonds. The topological polar surface area (TPSA) is 58.4 Å². The van der Waals surface area contributed by atoms with Crippen LogP contribution in [0.3, 0.4) is 0 Å². The minimum atomic E-state index is 0.128. The summed E-state index contributed by atoms with van der Waals surface area (Å²) in [6, 6.07) is 11.3. The molecule has 1 saturated carbocycles. The maximum absolute atomic E-state index is 12.4. The molecule has 1 aliphatic carbocycles. The van der Waals surface area contributed by atoms with Gasteiger partial charge in [-0.3, -0.25) is 9.69 Å². The molecule has 3 rings (SSSR count). The number of amides is 1. The first-order valence-electron chi connectivity index (χ1n) is 9.03. The Hall–Kier alpha value is -1.39. The third-order valence-electron chi connectivity index (χ3n) is 5.33. The number of nitrogens with one attached hydrogen (secondary N) is 1. The second kappa shape index (κ2) is 7.93. The van der Waals surface area contributed by atoms with Crippen molar-refractivity contribution in [2.45, 2.75) is 57.2 Å². The quantitative estimate of drug-likeness (QED) is 0.876. The lowest BCUT2D eigenvalue weighted by molar-refractivity contribution is -0.126. The molecule has 23 heavy (non-hydrogen) atoms. The van der Waals surface area contributed by atoms with Gasteiger partial charge in [0.1, 0.15) is 0 Å². The van der Waals surface area contributed by atoms with Crippen LogP contribution in [0.1, 0.15) is 44.1 Å². The normalized spacial score (nSPS) is 28.7. The number of nitrogens with two attached hydrogens (primary N) is 1. The van der Waals surface area contributed by atoms with Crippen molar-refractivity contribution in [3.8, 4) is 0 Å². The number of hydrogen-bond acceptors (Lipinski definition) is 3. The summed E-state index contributed by atoms with van der Waals surface area (Å²) < 4.78 is 0. The Labute approximate surface area is 139 Å². The van der Waals surface area contributed by atoms with E-state index in [1.165, 1.54) is 18.4 Å². The number of rotatable bonds is 5. The molecule has 1 aliphatic heterocycles. The van der Waals surface area contributed by atoms with E-state index in [0.717, 1.165) is 45.3 Å². The van der Waals surface area contributed by atoms with E-state index in [0.29, 0.717) is 6.04 Å². The largest absolute Gasteiger partial charge is 0.354 e. The molecule has 0 spiro atoms. The maximum atomic E-state index is 12.4. The van der Waals surface area contributed by atoms with Crippen LogP contribution in [-0.4, -0.2) is 36.0 Å². The Morgan fingerprint density at radius 3 is 2.78 bits per heavy atom. The monoisotopic (exact) mass is 315 g/mol. The Morgan fingerprint density at radius 2 is 2.00 bits per heavy atom. The number of nitrogens with zero attached hydrogens (tertiary/aromatic N) is 1. The maximum Gasteiger partial charge on any atom is 0.223 e. The standard InChI is InChI=1S/C19H29N3O/c20-17-9-4-8-16(12-17)19(23)21-13-18-10-5-11-22(18)14-15-6-2-1-3-7-15/h1-3,6-7,16-18H,4-5,8-14,20H2,(H,21,23). The highest BCUT2D eigenvalue weighted by molar-refractivity contribution is 5.78. The second-order valence-corrected chi connectivity index (χ2v) is 7.12. The minimum absolute atomic E-state index is 0.128. The molecule has 1 aromatic rings. The van der Waals surface area contributed by atoms with Crippen LogP contribution in [-0.2, 0) is 11.3 Å². The SMILES string of the molecule is NC1CCCC(C(=O)NCC2CCCN2Cc2ccccc2)C1. The Bertz CT molecular complexity index is 505. The molecule has 4 heteroatoms. The number of likely N-dealkylation sites (tertiary alicyclic amines) is 1. The molecular formula is C19H29N3O. The summed E-state index contributed by atoms with van der Waals surface area (Å²) in [7, 11) is 0. The molecule has 0 aromatic heterocycles. The second-order valence-electron chi connectivity index (χ2n) is 7.12. The smallest absolute Gasteiger partial charge is 0.223 e. The Balaban J connectivity index is 1.48. The molecule has 0 radical (unpaired) electrons. The van der Waals surface area contributed by atoms with E-state index in [1.807, 2.05) is 0 Å². The lowest BCUT2D eigenvalue weighted by atomic mass is 9.85. The van der Waals surface area contributed by atoms with Crippen LogP contribution in [0.4, 0.5) is 0 Å². The molecule has 3 atom stereocenters. The Morgan fingerprint density at radius 1 is 1.17 bits per heavy atom. The van der Waals surface area contributed by atoms with Gasteiger partial charge in [-0.1, -0.05) is 36.8 Å². The summed E-state index contributed by atoms with van der Waals surface area (Å²) in [6.07, 6.45) is 6.40. The molecule has 0 bridgehead atoms. The highest BCUT2D eigenvalue weighted by atomic mass is 16.1. The van der Waals surface area contributed by atoms with Gasteiger partial charge >= 0.3 is 0 Å². The summed E-state index contributed by atoms with van der Waals surface area (Å²) in [5, 5.41) is 3.19. The fraction of sp³-hybridized carbons (Fsp3) is 0.632. The summed E-state index contributed by atoms with van der Waals surface area (Å²) in [6.45, 7) is 2.89. The number of hydrogen-bond donors (Lipinski definition) is 2. The van der Waals surface area contributed by atoms with Crippen LogP contribution in [0.2, 0.25) is 0 Å². The van der Waals surface area contributed by atoms with Crippen molar-refractivity contribution in [2.24, 2.45) is 11.7 Å². The predicted octanol–water partition coefficient (Wildman–Crippen LogP) is 2.28. The van der Waals surface area contributed by atoms with Gasteiger partial charge in [0.25, 0.3) is 0 Å². The van der Waals surface area contributed by atoms with E-state index in [1.54, 1.807) is 0 Å². The number of benzene rings is 1. The lowest BCUT2D eigenvalue weighted by Gasteiger charge is -2.28. The van der Waals surface area contributed by atoms with E-state index in [2.05, 4.69) is 40.5 Å². The predicted molar refractivity (Wildman–Crippen MR) is 92.8 cm³/mol. The first-order chi connectivity index (χ1) is 11.2. The van der Waals surface area contributed by atoms with Gasteiger partial charge in [-0.15, -0.1) is 0 Å². The number of carbonyl (C=O) groups excluding carboxylic acids is 1. The van der Waals surface area contributed by atoms with Gasteiger partial charge in [-0.25, -0.2) is 0 Å². The van der Waals surface area contributed by atoms with Gasteiger partial charge in [0.2, 0.25) is 5.91 Å². The van der Waals surface area contributed by atoms with E-state index in [4.69, 9.17) is 5.73 Å².